The maximum atomic E-state index is 4.56. The summed E-state index contributed by atoms with van der Waals surface area (Å²) < 4.78 is 0. The van der Waals surface area contributed by atoms with E-state index in [-0.39, 0.29) is 0 Å². The van der Waals surface area contributed by atoms with Gasteiger partial charge in [0.2, 0.25) is 0 Å². The van der Waals surface area contributed by atoms with E-state index >= 15 is 0 Å². The molecule has 0 aliphatic carbocycles. The number of amidine groups is 2. The van der Waals surface area contributed by atoms with Crippen molar-refractivity contribution in [1.29, 1.82) is 0 Å². The van der Waals surface area contributed by atoms with Crippen LogP contribution >= 0.6 is 0 Å². The van der Waals surface area contributed by atoms with Gasteiger partial charge < -0.3 is 0 Å². The van der Waals surface area contributed by atoms with Gasteiger partial charge >= 0.3 is 0 Å². The van der Waals surface area contributed by atoms with E-state index < -0.39 is 0 Å². The van der Waals surface area contributed by atoms with E-state index in [1.54, 1.807) is 0 Å². The summed E-state index contributed by atoms with van der Waals surface area (Å²) in [5, 5.41) is 0. The van der Waals surface area contributed by atoms with Gasteiger partial charge in [-0.25, -0.2) is 9.98 Å². The van der Waals surface area contributed by atoms with Crippen molar-refractivity contribution in [1.82, 2.24) is 0 Å². The third-order valence-corrected chi connectivity index (χ3v) is 2.73. The fourth-order valence-electron chi connectivity index (χ4n) is 1.81. The molecular weight excluding hydrogens is 246 g/mol. The summed E-state index contributed by atoms with van der Waals surface area (Å²) in [7, 11) is 0. The predicted molar refractivity (Wildman–Crippen MR) is 86.0 cm³/mol. The minimum absolute atomic E-state index is 0.585. The van der Waals surface area contributed by atoms with Crippen molar-refractivity contribution in [2.75, 3.05) is 6.54 Å². The fourth-order valence-corrected chi connectivity index (χ4v) is 1.81. The standard InChI is InChI=1S/C17H17N3/c1-3-19-17(15-12-8-5-9-13-15)20-16(18-2)14-10-6-4-7-11-14/h4-13H,2-3H2,1H3. The third-order valence-electron chi connectivity index (χ3n) is 2.73. The zero-order valence-electron chi connectivity index (χ0n) is 11.5. The Morgan fingerprint density at radius 3 is 1.80 bits per heavy atom. The van der Waals surface area contributed by atoms with Gasteiger partial charge in [0, 0.05) is 17.7 Å². The van der Waals surface area contributed by atoms with Gasteiger partial charge in [0.25, 0.3) is 0 Å². The minimum atomic E-state index is 0.585. The highest BCUT2D eigenvalue weighted by molar-refractivity contribution is 6.12. The number of nitrogens with zero attached hydrogens (tertiary/aromatic N) is 3. The molecule has 0 N–H and O–H groups in total. The lowest BCUT2D eigenvalue weighted by Gasteiger charge is -2.04. The van der Waals surface area contributed by atoms with Gasteiger partial charge in [-0.15, -0.1) is 0 Å². The summed E-state index contributed by atoms with van der Waals surface area (Å²) in [5.41, 5.74) is 1.91. The van der Waals surface area contributed by atoms with E-state index in [0.29, 0.717) is 18.2 Å². The molecule has 0 atom stereocenters. The molecule has 0 unspecified atom stereocenters. The highest BCUT2D eigenvalue weighted by Crippen LogP contribution is 2.07. The molecule has 0 fully saturated rings. The van der Waals surface area contributed by atoms with Crippen LogP contribution in [0.1, 0.15) is 18.1 Å². The predicted octanol–water partition coefficient (Wildman–Crippen LogP) is 3.60. The Morgan fingerprint density at radius 1 is 0.850 bits per heavy atom. The highest BCUT2D eigenvalue weighted by atomic mass is 15.0. The Labute approximate surface area is 119 Å². The quantitative estimate of drug-likeness (QED) is 0.599. The van der Waals surface area contributed by atoms with Crippen LogP contribution in [0, 0.1) is 0 Å². The second-order valence-corrected chi connectivity index (χ2v) is 4.12. The van der Waals surface area contributed by atoms with E-state index in [2.05, 4.69) is 21.7 Å². The van der Waals surface area contributed by atoms with E-state index in [9.17, 15) is 0 Å². The lowest BCUT2D eigenvalue weighted by Crippen LogP contribution is -2.05. The lowest BCUT2D eigenvalue weighted by molar-refractivity contribution is 1.12. The first-order valence-electron chi connectivity index (χ1n) is 6.56. The molecule has 0 bridgehead atoms. The van der Waals surface area contributed by atoms with Crippen molar-refractivity contribution in [3.05, 3.63) is 71.8 Å². The van der Waals surface area contributed by atoms with Gasteiger partial charge in [0.05, 0.1) is 0 Å². The first-order chi connectivity index (χ1) is 9.85. The van der Waals surface area contributed by atoms with Crippen LogP contribution in [-0.2, 0) is 0 Å². The molecule has 0 spiro atoms. The van der Waals surface area contributed by atoms with Crippen LogP contribution in [-0.4, -0.2) is 24.9 Å². The van der Waals surface area contributed by atoms with Crippen LogP contribution in [0.15, 0.2) is 75.6 Å². The molecule has 20 heavy (non-hydrogen) atoms. The molecule has 0 saturated carbocycles. The highest BCUT2D eigenvalue weighted by Gasteiger charge is 2.05. The van der Waals surface area contributed by atoms with Crippen molar-refractivity contribution in [3.8, 4) is 0 Å². The number of hydrogen-bond acceptors (Lipinski definition) is 1. The molecule has 2 rings (SSSR count). The van der Waals surface area contributed by atoms with Crippen molar-refractivity contribution in [2.45, 2.75) is 6.92 Å². The second-order valence-electron chi connectivity index (χ2n) is 4.12. The molecule has 0 saturated heterocycles. The van der Waals surface area contributed by atoms with Crippen LogP contribution < -0.4 is 0 Å². The molecular formula is C17H17N3. The van der Waals surface area contributed by atoms with Crippen molar-refractivity contribution < 1.29 is 0 Å². The van der Waals surface area contributed by atoms with Gasteiger partial charge in [-0.05, 0) is 13.6 Å². The molecule has 3 heteroatoms. The Balaban J connectivity index is 2.43. The van der Waals surface area contributed by atoms with Gasteiger partial charge in [0.15, 0.2) is 11.7 Å². The van der Waals surface area contributed by atoms with Crippen molar-refractivity contribution >= 4 is 18.4 Å². The molecule has 0 heterocycles. The molecule has 0 aromatic heterocycles. The molecule has 3 nitrogen and oxygen atoms in total. The zero-order valence-corrected chi connectivity index (χ0v) is 11.5. The molecule has 100 valence electrons. The molecule has 2 aromatic carbocycles. The molecule has 0 aliphatic rings. The van der Waals surface area contributed by atoms with Gasteiger partial charge in [0.1, 0.15) is 0 Å². The number of rotatable bonds is 3. The van der Waals surface area contributed by atoms with Crippen molar-refractivity contribution in [2.24, 2.45) is 15.0 Å². The van der Waals surface area contributed by atoms with E-state index in [1.807, 2.05) is 67.6 Å². The summed E-state index contributed by atoms with van der Waals surface area (Å²) in [6, 6.07) is 19.7. The summed E-state index contributed by atoms with van der Waals surface area (Å²) >= 11 is 0. The Hall–Kier alpha value is -2.55. The number of hydrogen-bond donors (Lipinski definition) is 0. The zero-order chi connectivity index (χ0) is 14.2. The van der Waals surface area contributed by atoms with Crippen LogP contribution in [0.2, 0.25) is 0 Å². The van der Waals surface area contributed by atoms with Crippen molar-refractivity contribution in [3.63, 3.8) is 0 Å². The average Bonchev–Trinajstić information content (AvgIpc) is 2.53. The number of aliphatic imine (C=N–C) groups is 3. The molecule has 2 aromatic rings. The largest absolute Gasteiger partial charge is 0.266 e. The summed E-state index contributed by atoms with van der Waals surface area (Å²) in [4.78, 5) is 13.0. The maximum Gasteiger partial charge on any atom is 0.161 e. The summed E-state index contributed by atoms with van der Waals surface area (Å²) in [6.07, 6.45) is 0. The monoisotopic (exact) mass is 263 g/mol. The Bertz CT molecular complexity index is 613. The molecule has 0 amide bonds. The maximum absolute atomic E-state index is 4.56. The normalized spacial score (nSPS) is 12.2. The first-order valence-corrected chi connectivity index (χ1v) is 6.56. The van der Waals surface area contributed by atoms with Crippen LogP contribution in [0.5, 0.6) is 0 Å². The minimum Gasteiger partial charge on any atom is -0.266 e. The number of benzene rings is 2. The second kappa shape index (κ2) is 7.14. The average molecular weight is 263 g/mol. The van der Waals surface area contributed by atoms with Gasteiger partial charge in [-0.2, -0.15) is 0 Å². The topological polar surface area (TPSA) is 37.1 Å². The Morgan fingerprint density at radius 2 is 1.35 bits per heavy atom. The summed E-state index contributed by atoms with van der Waals surface area (Å²) in [5.74, 6) is 1.26. The Kier molecular flexibility index (Phi) is 4.95. The van der Waals surface area contributed by atoms with Gasteiger partial charge in [-0.1, -0.05) is 60.7 Å². The van der Waals surface area contributed by atoms with Crippen LogP contribution in [0.4, 0.5) is 0 Å². The molecule has 0 radical (unpaired) electrons. The SMILES string of the molecule is C=NC(=NC(=NCC)c1ccccc1)c1ccccc1. The van der Waals surface area contributed by atoms with E-state index in [4.69, 9.17) is 0 Å². The van der Waals surface area contributed by atoms with Crippen LogP contribution in [0.25, 0.3) is 0 Å². The van der Waals surface area contributed by atoms with E-state index in [1.165, 1.54) is 0 Å². The fraction of sp³-hybridized carbons (Fsp3) is 0.118. The summed E-state index contributed by atoms with van der Waals surface area (Å²) in [6.45, 7) is 6.27. The first kappa shape index (κ1) is 13.9. The smallest absolute Gasteiger partial charge is 0.161 e. The van der Waals surface area contributed by atoms with Crippen LogP contribution in [0.3, 0.4) is 0 Å². The molecule has 0 aliphatic heterocycles. The van der Waals surface area contributed by atoms with Gasteiger partial charge in [-0.3, -0.25) is 4.99 Å². The lowest BCUT2D eigenvalue weighted by atomic mass is 10.2. The van der Waals surface area contributed by atoms with E-state index in [0.717, 1.165) is 11.1 Å². The third kappa shape index (κ3) is 3.48.